The molecule has 0 aliphatic carbocycles. The van der Waals surface area contributed by atoms with Crippen molar-refractivity contribution in [2.24, 2.45) is 0 Å². The van der Waals surface area contributed by atoms with Crippen molar-refractivity contribution in [2.75, 3.05) is 6.61 Å². The van der Waals surface area contributed by atoms with Crippen molar-refractivity contribution >= 4 is 34.2 Å². The number of aromatic nitrogens is 2. The number of hydrogen-bond donors (Lipinski definition) is 0. The topological polar surface area (TPSA) is 36.3 Å². The molecule has 0 aliphatic rings. The molecule has 0 unspecified atom stereocenters. The van der Waals surface area contributed by atoms with E-state index < -0.39 is 0 Å². The van der Waals surface area contributed by atoms with Gasteiger partial charge >= 0.3 is 0 Å². The first-order valence-corrected chi connectivity index (χ1v) is 11.3. The summed E-state index contributed by atoms with van der Waals surface area (Å²) in [7, 11) is 0. The number of rotatable bonds is 7. The molecular formula is C26H26Cl2N2O2. The molecule has 4 nitrogen and oxygen atoms in total. The Kier molecular flexibility index (Phi) is 6.63. The van der Waals surface area contributed by atoms with Crippen LogP contribution in [0.15, 0.2) is 66.7 Å². The van der Waals surface area contributed by atoms with Gasteiger partial charge in [0.2, 0.25) is 0 Å². The zero-order chi connectivity index (χ0) is 22.7. The van der Waals surface area contributed by atoms with Crippen LogP contribution in [-0.2, 0) is 18.6 Å². The van der Waals surface area contributed by atoms with Crippen molar-refractivity contribution in [3.8, 4) is 11.5 Å². The van der Waals surface area contributed by atoms with E-state index in [1.165, 1.54) is 5.56 Å². The van der Waals surface area contributed by atoms with Crippen LogP contribution < -0.4 is 9.47 Å². The van der Waals surface area contributed by atoms with E-state index in [1.807, 2.05) is 30.3 Å². The van der Waals surface area contributed by atoms with E-state index in [-0.39, 0.29) is 12.0 Å². The van der Waals surface area contributed by atoms with Crippen molar-refractivity contribution in [3.63, 3.8) is 0 Å². The van der Waals surface area contributed by atoms with Crippen molar-refractivity contribution in [1.82, 2.24) is 9.55 Å². The van der Waals surface area contributed by atoms with Gasteiger partial charge in [-0.05, 0) is 53.4 Å². The zero-order valence-electron chi connectivity index (χ0n) is 18.4. The van der Waals surface area contributed by atoms with Crippen LogP contribution in [-0.4, -0.2) is 16.2 Å². The predicted octanol–water partition coefficient (Wildman–Crippen LogP) is 7.30. The predicted molar refractivity (Wildman–Crippen MR) is 131 cm³/mol. The number of fused-ring (bicyclic) bond motifs is 1. The number of para-hydroxylation sites is 2. The Morgan fingerprint density at radius 1 is 0.906 bits per heavy atom. The lowest BCUT2D eigenvalue weighted by Crippen LogP contribution is -2.13. The normalized spacial score (nSPS) is 11.7. The van der Waals surface area contributed by atoms with E-state index in [0.29, 0.717) is 28.9 Å². The van der Waals surface area contributed by atoms with Gasteiger partial charge in [0.15, 0.2) is 0 Å². The van der Waals surface area contributed by atoms with Gasteiger partial charge in [0.25, 0.3) is 0 Å². The number of halogens is 2. The molecule has 0 saturated carbocycles. The summed E-state index contributed by atoms with van der Waals surface area (Å²) >= 11 is 12.2. The van der Waals surface area contributed by atoms with Gasteiger partial charge in [-0.25, -0.2) is 4.98 Å². The van der Waals surface area contributed by atoms with Crippen LogP contribution in [0.1, 0.15) is 32.2 Å². The maximum Gasteiger partial charge on any atom is 0.148 e. The van der Waals surface area contributed by atoms with Gasteiger partial charge in [0.1, 0.15) is 30.5 Å². The van der Waals surface area contributed by atoms with Crippen molar-refractivity contribution in [2.45, 2.75) is 39.3 Å². The van der Waals surface area contributed by atoms with Crippen molar-refractivity contribution in [1.29, 1.82) is 0 Å². The van der Waals surface area contributed by atoms with E-state index in [0.717, 1.165) is 22.6 Å². The lowest BCUT2D eigenvalue weighted by molar-refractivity contribution is 0.272. The Morgan fingerprint density at radius 3 is 2.38 bits per heavy atom. The summed E-state index contributed by atoms with van der Waals surface area (Å²) in [5, 5.41) is 1.05. The second-order valence-electron chi connectivity index (χ2n) is 8.65. The highest BCUT2D eigenvalue weighted by Gasteiger charge is 2.14. The van der Waals surface area contributed by atoms with Crippen molar-refractivity contribution in [3.05, 3.63) is 88.2 Å². The highest BCUT2D eigenvalue weighted by atomic mass is 35.5. The minimum absolute atomic E-state index is 0.121. The molecule has 3 aromatic carbocycles. The van der Waals surface area contributed by atoms with Crippen LogP contribution in [0.5, 0.6) is 11.5 Å². The molecule has 0 atom stereocenters. The fourth-order valence-electron chi connectivity index (χ4n) is 3.53. The second kappa shape index (κ2) is 9.43. The zero-order valence-corrected chi connectivity index (χ0v) is 20.0. The molecule has 166 valence electrons. The van der Waals surface area contributed by atoms with Gasteiger partial charge < -0.3 is 14.0 Å². The minimum atomic E-state index is 0.121. The summed E-state index contributed by atoms with van der Waals surface area (Å²) in [6.07, 6.45) is 0. The lowest BCUT2D eigenvalue weighted by Gasteiger charge is -2.19. The van der Waals surface area contributed by atoms with Gasteiger partial charge in [-0.3, -0.25) is 0 Å². The Bertz CT molecular complexity index is 1210. The number of nitrogens with zero attached hydrogens (tertiary/aromatic N) is 2. The smallest absolute Gasteiger partial charge is 0.148 e. The minimum Gasteiger partial charge on any atom is -0.492 e. The fraction of sp³-hybridized carbons (Fsp3) is 0.269. The third kappa shape index (κ3) is 5.20. The number of imidazole rings is 1. The molecular weight excluding hydrogens is 443 g/mol. The van der Waals surface area contributed by atoms with Crippen LogP contribution >= 0.6 is 23.2 Å². The summed E-state index contributed by atoms with van der Waals surface area (Å²) in [6.45, 7) is 8.06. The lowest BCUT2D eigenvalue weighted by atomic mass is 9.87. The number of benzene rings is 3. The van der Waals surface area contributed by atoms with E-state index in [4.69, 9.17) is 37.7 Å². The van der Waals surface area contributed by atoms with Gasteiger partial charge in [0.05, 0.1) is 22.6 Å². The first-order chi connectivity index (χ1) is 15.3. The van der Waals surface area contributed by atoms with Crippen LogP contribution in [0.4, 0.5) is 0 Å². The Balaban J connectivity index is 1.47. The molecule has 0 fully saturated rings. The monoisotopic (exact) mass is 468 g/mol. The highest BCUT2D eigenvalue weighted by Crippen LogP contribution is 2.29. The first kappa shape index (κ1) is 22.5. The van der Waals surface area contributed by atoms with E-state index in [1.54, 1.807) is 18.2 Å². The SMILES string of the molecule is CC(C)(C)c1ccc(OCCn2c(COc3ccc(Cl)cc3Cl)nc3ccccc32)cc1. The average Bonchev–Trinajstić information content (AvgIpc) is 3.10. The first-order valence-electron chi connectivity index (χ1n) is 10.6. The maximum atomic E-state index is 6.25. The van der Waals surface area contributed by atoms with Gasteiger partial charge in [0, 0.05) is 5.02 Å². The van der Waals surface area contributed by atoms with E-state index >= 15 is 0 Å². The molecule has 32 heavy (non-hydrogen) atoms. The molecule has 0 N–H and O–H groups in total. The molecule has 4 aromatic rings. The average molecular weight is 469 g/mol. The van der Waals surface area contributed by atoms with Gasteiger partial charge in [-0.15, -0.1) is 0 Å². The molecule has 4 rings (SSSR count). The largest absolute Gasteiger partial charge is 0.492 e. The van der Waals surface area contributed by atoms with Crippen molar-refractivity contribution < 1.29 is 9.47 Å². The molecule has 1 heterocycles. The molecule has 1 aromatic heterocycles. The summed E-state index contributed by atoms with van der Waals surface area (Å²) in [6, 6.07) is 21.5. The van der Waals surface area contributed by atoms with Crippen LogP contribution in [0.25, 0.3) is 11.0 Å². The number of ether oxygens (including phenoxy) is 2. The molecule has 0 radical (unpaired) electrons. The second-order valence-corrected chi connectivity index (χ2v) is 9.50. The van der Waals surface area contributed by atoms with Gasteiger partial charge in [-0.2, -0.15) is 0 Å². The molecule has 0 spiro atoms. The summed E-state index contributed by atoms with van der Waals surface area (Å²) in [4.78, 5) is 4.75. The summed E-state index contributed by atoms with van der Waals surface area (Å²) in [5.74, 6) is 2.24. The van der Waals surface area contributed by atoms with Crippen LogP contribution in [0, 0.1) is 0 Å². The molecule has 0 aliphatic heterocycles. The number of hydrogen-bond acceptors (Lipinski definition) is 3. The van der Waals surface area contributed by atoms with E-state index in [9.17, 15) is 0 Å². The summed E-state index contributed by atoms with van der Waals surface area (Å²) in [5.41, 5.74) is 3.37. The third-order valence-corrected chi connectivity index (χ3v) is 5.82. The molecule has 6 heteroatoms. The molecule has 0 saturated heterocycles. The highest BCUT2D eigenvalue weighted by molar-refractivity contribution is 6.35. The van der Waals surface area contributed by atoms with Crippen LogP contribution in [0.3, 0.4) is 0 Å². The van der Waals surface area contributed by atoms with E-state index in [2.05, 4.69) is 43.5 Å². The summed E-state index contributed by atoms with van der Waals surface area (Å²) < 4.78 is 14.1. The molecule has 0 bridgehead atoms. The Labute approximate surface area is 198 Å². The Hall–Kier alpha value is -2.69. The molecule has 0 amide bonds. The fourth-order valence-corrected chi connectivity index (χ4v) is 3.99. The quantitative estimate of drug-likeness (QED) is 0.285. The standard InChI is InChI=1S/C26H26Cl2N2O2/c1-26(2,3)18-8-11-20(12-9-18)31-15-14-30-23-7-5-4-6-22(23)29-25(30)17-32-24-13-10-19(27)16-21(24)28/h4-13,16H,14-15,17H2,1-3H3. The van der Waals surface area contributed by atoms with Crippen LogP contribution in [0.2, 0.25) is 10.0 Å². The van der Waals surface area contributed by atoms with Gasteiger partial charge in [-0.1, -0.05) is 68.2 Å². The third-order valence-electron chi connectivity index (χ3n) is 5.29. The Morgan fingerprint density at radius 2 is 1.66 bits per heavy atom. The maximum absolute atomic E-state index is 6.25.